The molecule has 7 heteroatoms. The van der Waals surface area contributed by atoms with Crippen LogP contribution in [0.25, 0.3) is 0 Å². The number of carbonyl (C=O) groups is 2. The van der Waals surface area contributed by atoms with E-state index in [0.29, 0.717) is 34.4 Å². The number of urea groups is 1. The SMILES string of the molecule is CCCNC(=O)[C@@]1(O)c2cc(Br)ccc2NC(=O)N1c1ccccc1. The van der Waals surface area contributed by atoms with Gasteiger partial charge in [-0.05, 0) is 36.8 Å². The van der Waals surface area contributed by atoms with Gasteiger partial charge in [-0.3, -0.25) is 9.69 Å². The van der Waals surface area contributed by atoms with Crippen LogP contribution in [0.1, 0.15) is 18.9 Å². The van der Waals surface area contributed by atoms with E-state index < -0.39 is 17.7 Å². The smallest absolute Gasteiger partial charge is 0.329 e. The Morgan fingerprint density at radius 1 is 1.28 bits per heavy atom. The number of para-hydroxylation sites is 1. The van der Waals surface area contributed by atoms with E-state index in [1.165, 1.54) is 0 Å². The molecule has 1 atom stereocenters. The lowest BCUT2D eigenvalue weighted by Crippen LogP contribution is -2.62. The van der Waals surface area contributed by atoms with Crippen molar-refractivity contribution in [2.24, 2.45) is 0 Å². The van der Waals surface area contributed by atoms with Gasteiger partial charge in [0.15, 0.2) is 0 Å². The Kier molecular flexibility index (Phi) is 4.78. The molecular weight excluding hydrogens is 386 g/mol. The summed E-state index contributed by atoms with van der Waals surface area (Å²) < 4.78 is 0.692. The maximum Gasteiger partial charge on any atom is 0.329 e. The molecule has 0 saturated heterocycles. The Bertz CT molecular complexity index is 812. The van der Waals surface area contributed by atoms with Gasteiger partial charge < -0.3 is 15.7 Å². The first-order valence-electron chi connectivity index (χ1n) is 7.95. The molecule has 3 amide bonds. The maximum atomic E-state index is 12.9. The van der Waals surface area contributed by atoms with Gasteiger partial charge in [-0.1, -0.05) is 41.1 Å². The molecule has 3 rings (SSSR count). The van der Waals surface area contributed by atoms with Gasteiger partial charge in [-0.2, -0.15) is 0 Å². The highest BCUT2D eigenvalue weighted by atomic mass is 79.9. The highest BCUT2D eigenvalue weighted by Crippen LogP contribution is 2.40. The van der Waals surface area contributed by atoms with Crippen molar-refractivity contribution in [1.29, 1.82) is 0 Å². The molecule has 0 spiro atoms. The lowest BCUT2D eigenvalue weighted by Gasteiger charge is -2.42. The molecule has 1 heterocycles. The van der Waals surface area contributed by atoms with Crippen molar-refractivity contribution in [3.8, 4) is 0 Å². The molecule has 0 bridgehead atoms. The summed E-state index contributed by atoms with van der Waals surface area (Å²) in [6, 6.07) is 13.1. The van der Waals surface area contributed by atoms with Gasteiger partial charge in [0.1, 0.15) is 0 Å². The number of halogens is 1. The Hall–Kier alpha value is -2.38. The molecule has 25 heavy (non-hydrogen) atoms. The fraction of sp³-hybridized carbons (Fsp3) is 0.222. The number of rotatable bonds is 4. The number of fused-ring (bicyclic) bond motifs is 1. The number of nitrogens with one attached hydrogen (secondary N) is 2. The lowest BCUT2D eigenvalue weighted by atomic mass is 9.94. The molecule has 1 aliphatic heterocycles. The Balaban J connectivity index is 2.19. The van der Waals surface area contributed by atoms with E-state index in [1.807, 2.05) is 6.92 Å². The average Bonchev–Trinajstić information content (AvgIpc) is 2.61. The van der Waals surface area contributed by atoms with Gasteiger partial charge in [0.2, 0.25) is 0 Å². The number of anilines is 2. The van der Waals surface area contributed by atoms with Crippen molar-refractivity contribution in [2.75, 3.05) is 16.8 Å². The summed E-state index contributed by atoms with van der Waals surface area (Å²) in [6.07, 6.45) is 0.713. The number of amides is 3. The van der Waals surface area contributed by atoms with Crippen molar-refractivity contribution in [2.45, 2.75) is 19.1 Å². The van der Waals surface area contributed by atoms with Gasteiger partial charge >= 0.3 is 6.03 Å². The van der Waals surface area contributed by atoms with Crippen molar-refractivity contribution < 1.29 is 14.7 Å². The minimum atomic E-state index is -2.15. The predicted octanol–water partition coefficient (Wildman–Crippen LogP) is 3.17. The van der Waals surface area contributed by atoms with E-state index in [0.717, 1.165) is 4.90 Å². The fourth-order valence-corrected chi connectivity index (χ4v) is 3.18. The molecule has 0 aromatic heterocycles. The minimum absolute atomic E-state index is 0.305. The van der Waals surface area contributed by atoms with Crippen LogP contribution in [-0.4, -0.2) is 23.6 Å². The number of aliphatic hydroxyl groups is 1. The molecular formula is C18H18BrN3O3. The van der Waals surface area contributed by atoms with Crippen LogP contribution in [0.4, 0.5) is 16.2 Å². The third kappa shape index (κ3) is 3.01. The first kappa shape index (κ1) is 17.4. The predicted molar refractivity (Wildman–Crippen MR) is 99.3 cm³/mol. The van der Waals surface area contributed by atoms with E-state index in [2.05, 4.69) is 26.6 Å². The molecule has 0 radical (unpaired) electrons. The zero-order chi connectivity index (χ0) is 18.0. The first-order valence-corrected chi connectivity index (χ1v) is 8.74. The quantitative estimate of drug-likeness (QED) is 0.732. The summed E-state index contributed by atoms with van der Waals surface area (Å²) in [4.78, 5) is 26.7. The molecule has 0 unspecified atom stereocenters. The maximum absolute atomic E-state index is 12.9. The van der Waals surface area contributed by atoms with Gasteiger partial charge in [-0.25, -0.2) is 4.79 Å². The van der Waals surface area contributed by atoms with Crippen molar-refractivity contribution in [3.05, 3.63) is 58.6 Å². The highest BCUT2D eigenvalue weighted by Gasteiger charge is 2.51. The lowest BCUT2D eigenvalue weighted by molar-refractivity contribution is -0.140. The average molecular weight is 404 g/mol. The minimum Gasteiger partial charge on any atom is -0.359 e. The molecule has 0 aliphatic carbocycles. The standard InChI is InChI=1S/C18H18BrN3O3/c1-2-10-20-16(23)18(25)14-11-12(19)8-9-15(14)21-17(24)22(18)13-6-4-3-5-7-13/h3-9,11,25H,2,10H2,1H3,(H,20,23)(H,21,24)/t18-/m0/s1. The van der Waals surface area contributed by atoms with Gasteiger partial charge in [0.25, 0.3) is 11.6 Å². The van der Waals surface area contributed by atoms with Crippen LogP contribution < -0.4 is 15.5 Å². The monoisotopic (exact) mass is 403 g/mol. The molecule has 130 valence electrons. The van der Waals surface area contributed by atoms with Crippen LogP contribution in [0.15, 0.2) is 53.0 Å². The second-order valence-corrected chi connectivity index (χ2v) is 6.63. The summed E-state index contributed by atoms with van der Waals surface area (Å²) in [5, 5.41) is 16.9. The van der Waals surface area contributed by atoms with Gasteiger partial charge in [0, 0.05) is 22.3 Å². The van der Waals surface area contributed by atoms with E-state index >= 15 is 0 Å². The van der Waals surface area contributed by atoms with Gasteiger partial charge in [-0.15, -0.1) is 0 Å². The second kappa shape index (κ2) is 6.85. The summed E-state index contributed by atoms with van der Waals surface area (Å²) in [6.45, 7) is 2.31. The molecule has 2 aromatic rings. The molecule has 1 aliphatic rings. The molecule has 3 N–H and O–H groups in total. The van der Waals surface area contributed by atoms with Crippen molar-refractivity contribution >= 4 is 39.2 Å². The van der Waals surface area contributed by atoms with E-state index in [9.17, 15) is 14.7 Å². The van der Waals surface area contributed by atoms with Crippen LogP contribution in [0.5, 0.6) is 0 Å². The second-order valence-electron chi connectivity index (χ2n) is 5.72. The molecule has 6 nitrogen and oxygen atoms in total. The normalized spacial score (nSPS) is 19.2. The number of carbonyl (C=O) groups excluding carboxylic acids is 2. The zero-order valence-corrected chi connectivity index (χ0v) is 15.2. The van der Waals surface area contributed by atoms with Crippen molar-refractivity contribution in [3.63, 3.8) is 0 Å². The summed E-state index contributed by atoms with van der Waals surface area (Å²) >= 11 is 3.36. The van der Waals surface area contributed by atoms with Crippen LogP contribution in [0.2, 0.25) is 0 Å². The van der Waals surface area contributed by atoms with Crippen LogP contribution in [0.3, 0.4) is 0 Å². The summed E-state index contributed by atoms with van der Waals surface area (Å²) in [5.41, 5.74) is -1.04. The zero-order valence-electron chi connectivity index (χ0n) is 13.6. The first-order chi connectivity index (χ1) is 12.0. The van der Waals surface area contributed by atoms with Gasteiger partial charge in [0.05, 0.1) is 5.69 Å². The van der Waals surface area contributed by atoms with Crippen LogP contribution in [-0.2, 0) is 10.5 Å². The highest BCUT2D eigenvalue weighted by molar-refractivity contribution is 9.10. The Morgan fingerprint density at radius 2 is 2.00 bits per heavy atom. The van der Waals surface area contributed by atoms with Crippen LogP contribution >= 0.6 is 15.9 Å². The van der Waals surface area contributed by atoms with Crippen LogP contribution in [0, 0.1) is 0 Å². The Morgan fingerprint density at radius 3 is 2.68 bits per heavy atom. The van der Waals surface area contributed by atoms with E-state index in [4.69, 9.17) is 0 Å². The third-order valence-electron chi connectivity index (χ3n) is 3.99. The number of benzene rings is 2. The number of hydrogen-bond donors (Lipinski definition) is 3. The fourth-order valence-electron chi connectivity index (χ4n) is 2.82. The molecule has 2 aromatic carbocycles. The number of hydrogen-bond acceptors (Lipinski definition) is 3. The van der Waals surface area contributed by atoms with E-state index in [1.54, 1.807) is 48.5 Å². The molecule has 0 fully saturated rings. The van der Waals surface area contributed by atoms with E-state index in [-0.39, 0.29) is 0 Å². The largest absolute Gasteiger partial charge is 0.359 e. The Labute approximate surface area is 154 Å². The van der Waals surface area contributed by atoms with Crippen molar-refractivity contribution in [1.82, 2.24) is 5.32 Å². The third-order valence-corrected chi connectivity index (χ3v) is 4.49. The number of nitrogens with zero attached hydrogens (tertiary/aromatic N) is 1. The molecule has 0 saturated carbocycles. The summed E-state index contributed by atoms with van der Waals surface area (Å²) in [7, 11) is 0. The topological polar surface area (TPSA) is 81.7 Å². The summed E-state index contributed by atoms with van der Waals surface area (Å²) in [5.74, 6) is -0.646.